The lowest BCUT2D eigenvalue weighted by Crippen LogP contribution is -2.31. The van der Waals surface area contributed by atoms with Crippen LogP contribution >= 0.6 is 47.2 Å². The number of nitrogens with zero attached hydrogens (tertiary/aromatic N) is 1. The van der Waals surface area contributed by atoms with Crippen LogP contribution in [0.25, 0.3) is 6.08 Å². The van der Waals surface area contributed by atoms with Gasteiger partial charge in [0.2, 0.25) is 5.91 Å². The van der Waals surface area contributed by atoms with Crippen molar-refractivity contribution in [3.05, 3.63) is 69.0 Å². The molecule has 1 saturated heterocycles. The first kappa shape index (κ1) is 19.9. The molecule has 8 heteroatoms. The van der Waals surface area contributed by atoms with Gasteiger partial charge in [-0.15, -0.1) is 0 Å². The third kappa shape index (κ3) is 5.32. The third-order valence-corrected chi connectivity index (χ3v) is 5.49. The van der Waals surface area contributed by atoms with Gasteiger partial charge >= 0.3 is 0 Å². The highest BCUT2D eigenvalue weighted by atomic mass is 35.5. The van der Waals surface area contributed by atoms with Crippen molar-refractivity contribution in [2.24, 2.45) is 0 Å². The second-order valence-electron chi connectivity index (χ2n) is 5.70. The molecule has 0 spiro atoms. The number of thiocarbonyl (C=S) groups is 1. The van der Waals surface area contributed by atoms with E-state index < -0.39 is 0 Å². The summed E-state index contributed by atoms with van der Waals surface area (Å²) < 4.78 is 0.445. The summed E-state index contributed by atoms with van der Waals surface area (Å²) >= 11 is 18.4. The van der Waals surface area contributed by atoms with Gasteiger partial charge in [0.25, 0.3) is 5.91 Å². The molecule has 0 radical (unpaired) electrons. The molecule has 138 valence electrons. The SMILES string of the molecule is O=C(CCN1C(=O)/C(=C/c2ccccc2)SC1=S)Nc1cc(Cl)cc(Cl)c1. The van der Waals surface area contributed by atoms with Gasteiger partial charge < -0.3 is 5.32 Å². The second-order valence-corrected chi connectivity index (χ2v) is 8.25. The van der Waals surface area contributed by atoms with Gasteiger partial charge in [-0.25, -0.2) is 0 Å². The van der Waals surface area contributed by atoms with E-state index in [4.69, 9.17) is 35.4 Å². The van der Waals surface area contributed by atoms with E-state index in [0.717, 1.165) is 5.56 Å². The molecular formula is C19H14Cl2N2O2S2. The van der Waals surface area contributed by atoms with Gasteiger partial charge in [-0.2, -0.15) is 0 Å². The van der Waals surface area contributed by atoms with Gasteiger partial charge in [-0.1, -0.05) is 77.5 Å². The molecule has 1 aliphatic rings. The maximum absolute atomic E-state index is 12.6. The molecule has 2 aromatic rings. The molecule has 2 aromatic carbocycles. The predicted molar refractivity (Wildman–Crippen MR) is 116 cm³/mol. The fraction of sp³-hybridized carbons (Fsp3) is 0.105. The predicted octanol–water partition coefficient (Wildman–Crippen LogP) is 5.22. The quantitative estimate of drug-likeness (QED) is 0.515. The first-order valence-electron chi connectivity index (χ1n) is 7.99. The van der Waals surface area contributed by atoms with E-state index in [-0.39, 0.29) is 24.8 Å². The highest BCUT2D eigenvalue weighted by molar-refractivity contribution is 8.26. The fourth-order valence-corrected chi connectivity index (χ4v) is 4.29. The first-order valence-corrected chi connectivity index (χ1v) is 9.97. The Labute approximate surface area is 176 Å². The Morgan fingerprint density at radius 2 is 1.81 bits per heavy atom. The van der Waals surface area contributed by atoms with Crippen LogP contribution in [0.3, 0.4) is 0 Å². The van der Waals surface area contributed by atoms with Crippen LogP contribution in [-0.4, -0.2) is 27.6 Å². The van der Waals surface area contributed by atoms with Crippen LogP contribution in [0.2, 0.25) is 10.0 Å². The number of hydrogen-bond acceptors (Lipinski definition) is 4. The number of benzene rings is 2. The summed E-state index contributed by atoms with van der Waals surface area (Å²) in [6, 6.07) is 14.3. The van der Waals surface area contributed by atoms with Crippen molar-refractivity contribution in [1.82, 2.24) is 4.90 Å². The van der Waals surface area contributed by atoms with Crippen LogP contribution in [-0.2, 0) is 9.59 Å². The van der Waals surface area contributed by atoms with E-state index >= 15 is 0 Å². The van der Waals surface area contributed by atoms with Crippen LogP contribution in [0.1, 0.15) is 12.0 Å². The van der Waals surface area contributed by atoms with E-state index in [9.17, 15) is 9.59 Å². The maximum Gasteiger partial charge on any atom is 0.266 e. The van der Waals surface area contributed by atoms with Crippen LogP contribution in [0, 0.1) is 0 Å². The van der Waals surface area contributed by atoms with Gasteiger partial charge in [0.1, 0.15) is 4.32 Å². The Bertz CT molecular complexity index is 912. The van der Waals surface area contributed by atoms with Crippen molar-refractivity contribution in [3.63, 3.8) is 0 Å². The highest BCUT2D eigenvalue weighted by Crippen LogP contribution is 2.32. The average molecular weight is 437 g/mol. The molecule has 0 saturated carbocycles. The molecule has 0 aromatic heterocycles. The Morgan fingerprint density at radius 1 is 1.15 bits per heavy atom. The average Bonchev–Trinajstić information content (AvgIpc) is 2.86. The second kappa shape index (κ2) is 8.89. The molecule has 1 aliphatic heterocycles. The lowest BCUT2D eigenvalue weighted by molar-refractivity contribution is -0.122. The summed E-state index contributed by atoms with van der Waals surface area (Å²) in [4.78, 5) is 26.7. The number of thioether (sulfide) groups is 1. The van der Waals surface area contributed by atoms with Crippen molar-refractivity contribution >= 4 is 75.1 Å². The van der Waals surface area contributed by atoms with Gasteiger partial charge in [0, 0.05) is 28.7 Å². The normalized spacial score (nSPS) is 15.5. The summed E-state index contributed by atoms with van der Waals surface area (Å²) in [6.45, 7) is 0.205. The molecule has 1 fully saturated rings. The lowest BCUT2D eigenvalue weighted by Gasteiger charge is -2.14. The summed E-state index contributed by atoms with van der Waals surface area (Å²) in [5, 5.41) is 3.58. The smallest absolute Gasteiger partial charge is 0.266 e. The van der Waals surface area contributed by atoms with Crippen molar-refractivity contribution in [2.75, 3.05) is 11.9 Å². The molecule has 27 heavy (non-hydrogen) atoms. The Balaban J connectivity index is 1.60. The number of anilines is 1. The van der Waals surface area contributed by atoms with E-state index in [2.05, 4.69) is 5.32 Å². The van der Waals surface area contributed by atoms with Crippen LogP contribution < -0.4 is 5.32 Å². The third-order valence-electron chi connectivity index (χ3n) is 3.68. The van der Waals surface area contributed by atoms with Crippen LogP contribution in [0.15, 0.2) is 53.4 Å². The number of amides is 2. The monoisotopic (exact) mass is 436 g/mol. The number of halogens is 2. The van der Waals surface area contributed by atoms with Crippen molar-refractivity contribution in [2.45, 2.75) is 6.42 Å². The minimum atomic E-state index is -0.255. The zero-order chi connectivity index (χ0) is 19.4. The summed E-state index contributed by atoms with van der Waals surface area (Å²) in [6.07, 6.45) is 1.91. The Morgan fingerprint density at radius 3 is 2.48 bits per heavy atom. The minimum absolute atomic E-state index is 0.106. The maximum atomic E-state index is 12.6. The molecular weight excluding hydrogens is 423 g/mol. The molecule has 0 aliphatic carbocycles. The molecule has 4 nitrogen and oxygen atoms in total. The van der Waals surface area contributed by atoms with Crippen molar-refractivity contribution in [3.8, 4) is 0 Å². The number of carbonyl (C=O) groups is 2. The lowest BCUT2D eigenvalue weighted by atomic mass is 10.2. The topological polar surface area (TPSA) is 49.4 Å². The Hall–Kier alpha value is -1.86. The van der Waals surface area contributed by atoms with E-state index in [1.54, 1.807) is 24.3 Å². The number of hydrogen-bond donors (Lipinski definition) is 1. The summed E-state index contributed by atoms with van der Waals surface area (Å²) in [7, 11) is 0. The van der Waals surface area contributed by atoms with Gasteiger partial charge in [0.05, 0.1) is 4.91 Å². The zero-order valence-corrected chi connectivity index (χ0v) is 17.1. The standard InChI is InChI=1S/C19H14Cl2N2O2S2/c20-13-9-14(21)11-15(10-13)22-17(24)6-7-23-18(25)16(27-19(23)26)8-12-4-2-1-3-5-12/h1-5,8-11H,6-7H2,(H,22,24)/b16-8-. The van der Waals surface area contributed by atoms with Crippen molar-refractivity contribution < 1.29 is 9.59 Å². The molecule has 0 atom stereocenters. The van der Waals surface area contributed by atoms with Gasteiger partial charge in [-0.05, 0) is 29.8 Å². The molecule has 2 amide bonds. The van der Waals surface area contributed by atoms with Crippen LogP contribution in [0.4, 0.5) is 5.69 Å². The minimum Gasteiger partial charge on any atom is -0.326 e. The van der Waals surface area contributed by atoms with Gasteiger partial charge in [0.15, 0.2) is 0 Å². The van der Waals surface area contributed by atoms with Crippen LogP contribution in [0.5, 0.6) is 0 Å². The van der Waals surface area contributed by atoms with Gasteiger partial charge in [-0.3, -0.25) is 14.5 Å². The number of carbonyl (C=O) groups excluding carboxylic acids is 2. The summed E-state index contributed by atoms with van der Waals surface area (Å²) in [5.74, 6) is -0.443. The van der Waals surface area contributed by atoms with Crippen molar-refractivity contribution in [1.29, 1.82) is 0 Å². The molecule has 1 N–H and O–H groups in total. The summed E-state index contributed by atoms with van der Waals surface area (Å²) in [5.41, 5.74) is 1.43. The van der Waals surface area contributed by atoms with E-state index in [0.29, 0.717) is 25.0 Å². The molecule has 0 bridgehead atoms. The first-order chi connectivity index (χ1) is 12.9. The largest absolute Gasteiger partial charge is 0.326 e. The zero-order valence-electron chi connectivity index (χ0n) is 13.9. The highest BCUT2D eigenvalue weighted by Gasteiger charge is 2.32. The van der Waals surface area contributed by atoms with E-state index in [1.807, 2.05) is 30.3 Å². The number of nitrogens with one attached hydrogen (secondary N) is 1. The fourth-order valence-electron chi connectivity index (χ4n) is 2.46. The van der Waals surface area contributed by atoms with E-state index in [1.165, 1.54) is 16.7 Å². The Kier molecular flexibility index (Phi) is 6.55. The molecule has 3 rings (SSSR count). The number of rotatable bonds is 5. The molecule has 0 unspecified atom stereocenters. The molecule has 1 heterocycles.